The van der Waals surface area contributed by atoms with E-state index in [1.807, 2.05) is 17.7 Å². The summed E-state index contributed by atoms with van der Waals surface area (Å²) in [5.74, 6) is 0.624. The second kappa shape index (κ2) is 6.17. The molecule has 0 aliphatic carbocycles. The zero-order chi connectivity index (χ0) is 13.8. The number of benzene rings is 1. The number of imidazole rings is 1. The van der Waals surface area contributed by atoms with Crippen LogP contribution in [-0.4, -0.2) is 16.1 Å². The van der Waals surface area contributed by atoms with Crippen molar-refractivity contribution in [3.63, 3.8) is 0 Å². The Morgan fingerprint density at radius 2 is 2.21 bits per heavy atom. The Morgan fingerprint density at radius 1 is 1.42 bits per heavy atom. The number of aryl methyl sites for hydroxylation is 1. The van der Waals surface area contributed by atoms with Crippen LogP contribution < -0.4 is 5.32 Å². The normalized spacial score (nSPS) is 10.9. The third-order valence-corrected chi connectivity index (χ3v) is 3.40. The van der Waals surface area contributed by atoms with Gasteiger partial charge in [-0.1, -0.05) is 18.5 Å². The molecule has 0 spiro atoms. The Kier molecular flexibility index (Phi) is 4.56. The quantitative estimate of drug-likeness (QED) is 0.912. The van der Waals surface area contributed by atoms with E-state index in [1.165, 1.54) is 12.1 Å². The highest BCUT2D eigenvalue weighted by molar-refractivity contribution is 6.31. The fraction of sp³-hybridized carbons (Fsp3) is 0.357. The van der Waals surface area contributed by atoms with Gasteiger partial charge in [0.05, 0.1) is 12.2 Å². The van der Waals surface area contributed by atoms with Crippen LogP contribution in [0.5, 0.6) is 0 Å². The number of halogens is 2. The molecule has 0 bridgehead atoms. The molecule has 1 heterocycles. The van der Waals surface area contributed by atoms with Crippen LogP contribution in [0.2, 0.25) is 5.02 Å². The van der Waals surface area contributed by atoms with Crippen molar-refractivity contribution < 1.29 is 4.39 Å². The van der Waals surface area contributed by atoms with Crippen molar-refractivity contribution in [3.05, 3.63) is 52.3 Å². The fourth-order valence-corrected chi connectivity index (χ4v) is 2.14. The summed E-state index contributed by atoms with van der Waals surface area (Å²) < 4.78 is 15.3. The topological polar surface area (TPSA) is 29.9 Å². The first kappa shape index (κ1) is 14.0. The molecule has 0 saturated carbocycles. The molecule has 1 N–H and O–H groups in total. The van der Waals surface area contributed by atoms with Crippen LogP contribution in [-0.2, 0) is 13.1 Å². The number of nitrogens with zero attached hydrogens (tertiary/aromatic N) is 2. The third kappa shape index (κ3) is 3.33. The Hall–Kier alpha value is -1.39. The molecular weight excluding hydrogens is 265 g/mol. The van der Waals surface area contributed by atoms with Crippen LogP contribution >= 0.6 is 11.6 Å². The first-order valence-electron chi connectivity index (χ1n) is 6.27. The average Bonchev–Trinajstić information content (AvgIpc) is 2.73. The summed E-state index contributed by atoms with van der Waals surface area (Å²) in [5.41, 5.74) is 1.83. The van der Waals surface area contributed by atoms with E-state index in [-0.39, 0.29) is 5.82 Å². The molecule has 0 unspecified atom stereocenters. The van der Waals surface area contributed by atoms with Crippen molar-refractivity contribution in [2.24, 2.45) is 0 Å². The molecule has 2 rings (SSSR count). The Labute approximate surface area is 117 Å². The average molecular weight is 282 g/mol. The maximum Gasteiger partial charge on any atom is 0.123 e. The standard InChI is InChI=1S/C14H17ClFN3/c1-3-17-7-13-8-18-10(2)19(13)9-11-6-12(16)4-5-14(11)15/h4-6,8,17H,3,7,9H2,1-2H3. The van der Waals surface area contributed by atoms with E-state index in [0.717, 1.165) is 30.2 Å². The minimum absolute atomic E-state index is 0.273. The molecule has 2 aromatic rings. The lowest BCUT2D eigenvalue weighted by molar-refractivity contribution is 0.617. The van der Waals surface area contributed by atoms with Gasteiger partial charge in [0.2, 0.25) is 0 Å². The van der Waals surface area contributed by atoms with Crippen molar-refractivity contribution >= 4 is 11.6 Å². The maximum absolute atomic E-state index is 13.3. The summed E-state index contributed by atoms with van der Waals surface area (Å²) in [5, 5.41) is 3.84. The molecule has 5 heteroatoms. The van der Waals surface area contributed by atoms with Crippen molar-refractivity contribution in [1.82, 2.24) is 14.9 Å². The van der Waals surface area contributed by atoms with Gasteiger partial charge in [0, 0.05) is 17.8 Å². The van der Waals surface area contributed by atoms with E-state index in [2.05, 4.69) is 17.2 Å². The summed E-state index contributed by atoms with van der Waals surface area (Å²) in [6, 6.07) is 4.42. The largest absolute Gasteiger partial charge is 0.327 e. The van der Waals surface area contributed by atoms with Gasteiger partial charge < -0.3 is 9.88 Å². The van der Waals surface area contributed by atoms with Crippen molar-refractivity contribution in [2.45, 2.75) is 26.9 Å². The Bertz CT molecular complexity index is 566. The third-order valence-electron chi connectivity index (χ3n) is 3.03. The van der Waals surface area contributed by atoms with E-state index >= 15 is 0 Å². The van der Waals surface area contributed by atoms with E-state index in [0.29, 0.717) is 11.6 Å². The van der Waals surface area contributed by atoms with Crippen LogP contribution in [0.3, 0.4) is 0 Å². The summed E-state index contributed by atoms with van der Waals surface area (Å²) in [4.78, 5) is 4.30. The second-order valence-corrected chi connectivity index (χ2v) is 4.81. The lowest BCUT2D eigenvalue weighted by atomic mass is 10.2. The minimum Gasteiger partial charge on any atom is -0.327 e. The second-order valence-electron chi connectivity index (χ2n) is 4.40. The number of nitrogens with one attached hydrogen (secondary N) is 1. The molecule has 3 nitrogen and oxygen atoms in total. The highest BCUT2D eigenvalue weighted by Crippen LogP contribution is 2.19. The zero-order valence-electron chi connectivity index (χ0n) is 11.1. The molecule has 0 atom stereocenters. The van der Waals surface area contributed by atoms with Crippen LogP contribution in [0.4, 0.5) is 4.39 Å². The molecular formula is C14H17ClFN3. The molecule has 0 radical (unpaired) electrons. The lowest BCUT2D eigenvalue weighted by Gasteiger charge is -2.12. The van der Waals surface area contributed by atoms with Crippen molar-refractivity contribution in [2.75, 3.05) is 6.54 Å². The first-order chi connectivity index (χ1) is 9.11. The molecule has 0 aliphatic rings. The van der Waals surface area contributed by atoms with Gasteiger partial charge in [0.25, 0.3) is 0 Å². The SMILES string of the molecule is CCNCc1cnc(C)n1Cc1cc(F)ccc1Cl. The van der Waals surface area contributed by atoms with E-state index in [1.54, 1.807) is 6.07 Å². The lowest BCUT2D eigenvalue weighted by Crippen LogP contribution is -2.16. The molecule has 1 aromatic carbocycles. The Morgan fingerprint density at radius 3 is 2.95 bits per heavy atom. The summed E-state index contributed by atoms with van der Waals surface area (Å²) in [6.07, 6.45) is 1.84. The Balaban J connectivity index is 2.27. The van der Waals surface area contributed by atoms with Gasteiger partial charge in [-0.2, -0.15) is 0 Å². The summed E-state index contributed by atoms with van der Waals surface area (Å²) >= 11 is 6.11. The highest BCUT2D eigenvalue weighted by atomic mass is 35.5. The fourth-order valence-electron chi connectivity index (χ4n) is 1.96. The predicted octanol–water partition coefficient (Wildman–Crippen LogP) is 3.14. The molecule has 0 saturated heterocycles. The van der Waals surface area contributed by atoms with E-state index in [9.17, 15) is 4.39 Å². The molecule has 0 fully saturated rings. The predicted molar refractivity (Wildman–Crippen MR) is 74.9 cm³/mol. The van der Waals surface area contributed by atoms with Gasteiger partial charge in [0.1, 0.15) is 11.6 Å². The van der Waals surface area contributed by atoms with Gasteiger partial charge in [-0.05, 0) is 37.2 Å². The van der Waals surface area contributed by atoms with Crippen molar-refractivity contribution in [3.8, 4) is 0 Å². The summed E-state index contributed by atoms with van der Waals surface area (Å²) in [6.45, 7) is 6.15. The molecule has 0 aliphatic heterocycles. The molecule has 102 valence electrons. The van der Waals surface area contributed by atoms with Crippen LogP contribution in [0.15, 0.2) is 24.4 Å². The number of hydrogen-bond acceptors (Lipinski definition) is 2. The van der Waals surface area contributed by atoms with E-state index in [4.69, 9.17) is 11.6 Å². The number of aromatic nitrogens is 2. The smallest absolute Gasteiger partial charge is 0.123 e. The minimum atomic E-state index is -0.273. The van der Waals surface area contributed by atoms with Gasteiger partial charge in [-0.25, -0.2) is 9.37 Å². The van der Waals surface area contributed by atoms with Crippen LogP contribution in [0.25, 0.3) is 0 Å². The molecule has 1 aromatic heterocycles. The van der Waals surface area contributed by atoms with Crippen LogP contribution in [0.1, 0.15) is 24.0 Å². The van der Waals surface area contributed by atoms with Gasteiger partial charge in [-0.3, -0.25) is 0 Å². The van der Waals surface area contributed by atoms with Gasteiger partial charge in [0.15, 0.2) is 0 Å². The maximum atomic E-state index is 13.3. The van der Waals surface area contributed by atoms with Gasteiger partial charge in [-0.15, -0.1) is 0 Å². The monoisotopic (exact) mass is 281 g/mol. The van der Waals surface area contributed by atoms with E-state index < -0.39 is 0 Å². The first-order valence-corrected chi connectivity index (χ1v) is 6.65. The number of rotatable bonds is 5. The van der Waals surface area contributed by atoms with Crippen molar-refractivity contribution in [1.29, 1.82) is 0 Å². The molecule has 19 heavy (non-hydrogen) atoms. The molecule has 0 amide bonds. The number of hydrogen-bond donors (Lipinski definition) is 1. The zero-order valence-corrected chi connectivity index (χ0v) is 11.8. The highest BCUT2D eigenvalue weighted by Gasteiger charge is 2.09. The summed E-state index contributed by atoms with van der Waals surface area (Å²) in [7, 11) is 0. The van der Waals surface area contributed by atoms with Crippen LogP contribution in [0, 0.1) is 12.7 Å². The van der Waals surface area contributed by atoms with Gasteiger partial charge >= 0.3 is 0 Å².